The van der Waals surface area contributed by atoms with Crippen LogP contribution in [0.3, 0.4) is 0 Å². The SMILES string of the molecule is COc1ccc(O)c(CN2CCC3(CC2)c2ccccc2[C@H](NC(=O)Cc2cccs2)[C@H]3OC)c1. The van der Waals surface area contributed by atoms with E-state index in [0.717, 1.165) is 47.7 Å². The van der Waals surface area contributed by atoms with E-state index in [1.807, 2.05) is 29.6 Å². The van der Waals surface area contributed by atoms with Gasteiger partial charge in [-0.2, -0.15) is 0 Å². The van der Waals surface area contributed by atoms with Crippen molar-refractivity contribution in [3.8, 4) is 11.5 Å². The lowest BCUT2D eigenvalue weighted by Gasteiger charge is -2.44. The summed E-state index contributed by atoms with van der Waals surface area (Å²) in [4.78, 5) is 16.4. The second-order valence-corrected chi connectivity index (χ2v) is 10.5. The number of benzene rings is 2. The number of amides is 1. The van der Waals surface area contributed by atoms with Crippen LogP contribution in [0.2, 0.25) is 0 Å². The zero-order chi connectivity index (χ0) is 24.4. The Balaban J connectivity index is 1.34. The van der Waals surface area contributed by atoms with Crippen molar-refractivity contribution in [1.29, 1.82) is 0 Å². The van der Waals surface area contributed by atoms with Gasteiger partial charge in [-0.25, -0.2) is 0 Å². The number of carbonyl (C=O) groups excluding carboxylic acids is 1. The molecule has 0 saturated carbocycles. The van der Waals surface area contributed by atoms with Crippen molar-refractivity contribution in [3.05, 3.63) is 81.5 Å². The predicted octanol–water partition coefficient (Wildman–Crippen LogP) is 4.42. The van der Waals surface area contributed by atoms with Crippen LogP contribution in [-0.2, 0) is 27.9 Å². The Morgan fingerprint density at radius 3 is 2.66 bits per heavy atom. The number of thiophene rings is 1. The maximum Gasteiger partial charge on any atom is 0.225 e. The monoisotopic (exact) mass is 492 g/mol. The van der Waals surface area contributed by atoms with Crippen LogP contribution in [0.4, 0.5) is 0 Å². The van der Waals surface area contributed by atoms with Gasteiger partial charge in [-0.1, -0.05) is 30.3 Å². The topological polar surface area (TPSA) is 71.0 Å². The van der Waals surface area contributed by atoms with Crippen molar-refractivity contribution in [2.45, 2.75) is 43.4 Å². The van der Waals surface area contributed by atoms with Gasteiger partial charge in [0.15, 0.2) is 0 Å². The van der Waals surface area contributed by atoms with Crippen molar-refractivity contribution >= 4 is 17.2 Å². The first-order chi connectivity index (χ1) is 17.0. The van der Waals surface area contributed by atoms with Crippen LogP contribution in [0.1, 0.15) is 40.5 Å². The minimum Gasteiger partial charge on any atom is -0.508 e. The van der Waals surface area contributed by atoms with Gasteiger partial charge < -0.3 is 19.9 Å². The summed E-state index contributed by atoms with van der Waals surface area (Å²) in [6, 6.07) is 17.6. The molecule has 1 saturated heterocycles. The molecule has 2 aromatic carbocycles. The normalized spacial score (nSPS) is 21.1. The van der Waals surface area contributed by atoms with Gasteiger partial charge in [0.2, 0.25) is 5.91 Å². The van der Waals surface area contributed by atoms with Crippen molar-refractivity contribution in [2.24, 2.45) is 0 Å². The standard InChI is InChI=1S/C28H32N2O4S/c1-33-20-9-10-24(31)19(16-20)18-30-13-11-28(12-14-30)23-8-4-3-7-22(23)26(27(28)34-2)29-25(32)17-21-6-5-15-35-21/h3-10,15-16,26-27,31H,11-14,17-18H2,1-2H3,(H,29,32)/t26-,27+/m0/s1. The highest BCUT2D eigenvalue weighted by molar-refractivity contribution is 7.10. The van der Waals surface area contributed by atoms with Gasteiger partial charge in [0.1, 0.15) is 11.5 Å². The summed E-state index contributed by atoms with van der Waals surface area (Å²) in [6.45, 7) is 2.42. The van der Waals surface area contributed by atoms with E-state index in [1.54, 1.807) is 37.7 Å². The third-order valence-electron chi connectivity index (χ3n) is 7.59. The molecule has 184 valence electrons. The van der Waals surface area contributed by atoms with Crippen LogP contribution in [0.25, 0.3) is 0 Å². The van der Waals surface area contributed by atoms with Crippen LogP contribution in [0.15, 0.2) is 60.0 Å². The van der Waals surface area contributed by atoms with Gasteiger partial charge in [-0.15, -0.1) is 11.3 Å². The second-order valence-electron chi connectivity index (χ2n) is 9.47. The molecule has 1 aromatic heterocycles. The summed E-state index contributed by atoms with van der Waals surface area (Å²) in [6.07, 6.45) is 2.10. The molecule has 1 aliphatic carbocycles. The highest BCUT2D eigenvalue weighted by Gasteiger charge is 2.53. The lowest BCUT2D eigenvalue weighted by atomic mass is 9.71. The lowest BCUT2D eigenvalue weighted by molar-refractivity contribution is -0.122. The number of ether oxygens (including phenoxy) is 2. The highest BCUT2D eigenvalue weighted by atomic mass is 32.1. The van der Waals surface area contributed by atoms with E-state index in [0.29, 0.717) is 18.7 Å². The van der Waals surface area contributed by atoms with Crippen molar-refractivity contribution in [2.75, 3.05) is 27.3 Å². The van der Waals surface area contributed by atoms with E-state index in [4.69, 9.17) is 9.47 Å². The number of carbonyl (C=O) groups is 1. The molecule has 2 aliphatic rings. The molecule has 2 N–H and O–H groups in total. The molecule has 5 rings (SSSR count). The van der Waals surface area contributed by atoms with E-state index in [9.17, 15) is 9.90 Å². The fourth-order valence-electron chi connectivity index (χ4n) is 5.89. The molecule has 2 atom stereocenters. The Morgan fingerprint density at radius 1 is 1.14 bits per heavy atom. The number of phenols is 1. The molecule has 2 heterocycles. The largest absolute Gasteiger partial charge is 0.508 e. The van der Waals surface area contributed by atoms with Gasteiger partial charge in [0.05, 0.1) is 25.7 Å². The highest BCUT2D eigenvalue weighted by Crippen LogP contribution is 2.52. The fourth-order valence-corrected chi connectivity index (χ4v) is 6.59. The molecule has 1 fully saturated rings. The molecule has 35 heavy (non-hydrogen) atoms. The number of nitrogens with zero attached hydrogens (tertiary/aromatic N) is 1. The molecule has 1 amide bonds. The maximum atomic E-state index is 12.9. The first-order valence-corrected chi connectivity index (χ1v) is 12.9. The third kappa shape index (κ3) is 4.56. The summed E-state index contributed by atoms with van der Waals surface area (Å²) in [5, 5.41) is 15.6. The average Bonchev–Trinajstić information content (AvgIpc) is 3.47. The zero-order valence-electron chi connectivity index (χ0n) is 20.2. The number of aromatic hydroxyl groups is 1. The Bertz CT molecular complexity index is 1170. The number of hydrogen-bond donors (Lipinski definition) is 2. The Morgan fingerprint density at radius 2 is 1.94 bits per heavy atom. The van der Waals surface area contributed by atoms with E-state index < -0.39 is 0 Å². The molecule has 0 radical (unpaired) electrons. The number of fused-ring (bicyclic) bond motifs is 2. The number of methoxy groups -OCH3 is 2. The van der Waals surface area contributed by atoms with Crippen molar-refractivity contribution < 1.29 is 19.4 Å². The van der Waals surface area contributed by atoms with Crippen LogP contribution in [0, 0.1) is 0 Å². The van der Waals surface area contributed by atoms with E-state index in [1.165, 1.54) is 5.56 Å². The second kappa shape index (κ2) is 10.0. The van der Waals surface area contributed by atoms with Crippen molar-refractivity contribution in [1.82, 2.24) is 10.2 Å². The zero-order valence-corrected chi connectivity index (χ0v) is 21.0. The molecule has 3 aromatic rings. The van der Waals surface area contributed by atoms with Gasteiger partial charge >= 0.3 is 0 Å². The number of likely N-dealkylation sites (tertiary alicyclic amines) is 1. The van der Waals surface area contributed by atoms with E-state index in [2.05, 4.69) is 28.4 Å². The average molecular weight is 493 g/mol. The smallest absolute Gasteiger partial charge is 0.225 e. The molecular weight excluding hydrogens is 460 g/mol. The van der Waals surface area contributed by atoms with Gasteiger partial charge in [0, 0.05) is 29.5 Å². The van der Waals surface area contributed by atoms with Crippen LogP contribution in [-0.4, -0.2) is 49.3 Å². The van der Waals surface area contributed by atoms with E-state index >= 15 is 0 Å². The van der Waals surface area contributed by atoms with Crippen LogP contribution in [0.5, 0.6) is 11.5 Å². The minimum absolute atomic E-state index is 0.0253. The van der Waals surface area contributed by atoms with Gasteiger partial charge in [-0.3, -0.25) is 9.69 Å². The molecule has 0 bridgehead atoms. The summed E-state index contributed by atoms with van der Waals surface area (Å²) in [5.74, 6) is 1.06. The molecule has 6 nitrogen and oxygen atoms in total. The minimum atomic E-state index is -0.169. The van der Waals surface area contributed by atoms with Crippen molar-refractivity contribution in [3.63, 3.8) is 0 Å². The quantitative estimate of drug-likeness (QED) is 0.511. The molecule has 0 unspecified atom stereocenters. The molecular formula is C28H32N2O4S. The van der Waals surface area contributed by atoms with Crippen LogP contribution < -0.4 is 10.1 Å². The summed E-state index contributed by atoms with van der Waals surface area (Å²) in [7, 11) is 3.40. The molecule has 1 aliphatic heterocycles. The van der Waals surface area contributed by atoms with Gasteiger partial charge in [-0.05, 0) is 66.7 Å². The number of hydrogen-bond acceptors (Lipinski definition) is 6. The number of rotatable bonds is 7. The maximum absolute atomic E-state index is 12.9. The Labute approximate surface area is 210 Å². The summed E-state index contributed by atoms with van der Waals surface area (Å²) in [5.41, 5.74) is 3.17. The van der Waals surface area contributed by atoms with Crippen LogP contribution >= 0.6 is 11.3 Å². The molecule has 1 spiro atoms. The van der Waals surface area contributed by atoms with Gasteiger partial charge in [0.25, 0.3) is 0 Å². The summed E-state index contributed by atoms with van der Waals surface area (Å²) < 4.78 is 11.5. The first-order valence-electron chi connectivity index (χ1n) is 12.1. The number of nitrogens with one attached hydrogen (secondary N) is 1. The van der Waals surface area contributed by atoms with E-state index in [-0.39, 0.29) is 23.5 Å². The first kappa shape index (κ1) is 23.9. The number of phenolic OH excluding ortho intramolecular Hbond substituents is 1. The Kier molecular flexibility index (Phi) is 6.82. The molecule has 7 heteroatoms. The predicted molar refractivity (Wildman–Crippen MR) is 137 cm³/mol. The lowest BCUT2D eigenvalue weighted by Crippen LogP contribution is -2.50. The Hall–Kier alpha value is -2.87. The summed E-state index contributed by atoms with van der Waals surface area (Å²) >= 11 is 1.60. The fraction of sp³-hybridized carbons (Fsp3) is 0.393. The number of piperidine rings is 1. The third-order valence-corrected chi connectivity index (χ3v) is 8.47.